The third-order valence-electron chi connectivity index (χ3n) is 2.47. The molecule has 0 aliphatic heterocycles. The summed E-state index contributed by atoms with van der Waals surface area (Å²) in [5.74, 6) is 0.605. The molecule has 0 bridgehead atoms. The predicted octanol–water partition coefficient (Wildman–Crippen LogP) is 1.73. The van der Waals surface area contributed by atoms with E-state index < -0.39 is 0 Å². The third kappa shape index (κ3) is 5.90. The highest BCUT2D eigenvalue weighted by molar-refractivity contribution is 5.89. The van der Waals surface area contributed by atoms with Gasteiger partial charge in [0, 0.05) is 33.4 Å². The van der Waals surface area contributed by atoms with Gasteiger partial charge in [-0.25, -0.2) is 0 Å². The zero-order valence-electron chi connectivity index (χ0n) is 12.2. The largest absolute Gasteiger partial charge is 0.489 e. The van der Waals surface area contributed by atoms with Crippen molar-refractivity contribution in [3.05, 3.63) is 18.2 Å². The summed E-state index contributed by atoms with van der Waals surface area (Å²) in [7, 11) is 3.27. The van der Waals surface area contributed by atoms with Crippen molar-refractivity contribution < 1.29 is 19.0 Å². The lowest BCUT2D eigenvalue weighted by Gasteiger charge is -2.14. The van der Waals surface area contributed by atoms with Crippen LogP contribution in [0.25, 0.3) is 0 Å². The Balaban J connectivity index is 2.76. The summed E-state index contributed by atoms with van der Waals surface area (Å²) in [6, 6.07) is 5.44. The van der Waals surface area contributed by atoms with E-state index in [1.54, 1.807) is 20.3 Å². The molecular weight excluding hydrogens is 260 g/mol. The van der Waals surface area contributed by atoms with Gasteiger partial charge in [-0.1, -0.05) is 0 Å². The Labute approximate surface area is 119 Å². The number of anilines is 2. The molecule has 1 amide bonds. The lowest BCUT2D eigenvalue weighted by atomic mass is 10.2. The predicted molar refractivity (Wildman–Crippen MR) is 78.5 cm³/mol. The van der Waals surface area contributed by atoms with Gasteiger partial charge in [0.25, 0.3) is 0 Å². The maximum absolute atomic E-state index is 11.1. The second-order valence-corrected chi connectivity index (χ2v) is 4.15. The highest BCUT2D eigenvalue weighted by Crippen LogP contribution is 2.28. The topological polar surface area (TPSA) is 68.8 Å². The van der Waals surface area contributed by atoms with E-state index >= 15 is 0 Å². The Morgan fingerprint density at radius 2 is 1.90 bits per heavy atom. The van der Waals surface area contributed by atoms with Crippen LogP contribution in [0, 0.1) is 0 Å². The van der Waals surface area contributed by atoms with Crippen LogP contribution in [0.1, 0.15) is 6.92 Å². The molecule has 0 saturated carbocycles. The first-order chi connectivity index (χ1) is 9.67. The Morgan fingerprint density at radius 1 is 1.15 bits per heavy atom. The van der Waals surface area contributed by atoms with E-state index in [1.807, 2.05) is 12.1 Å². The normalized spacial score (nSPS) is 10.2. The number of benzene rings is 1. The van der Waals surface area contributed by atoms with Gasteiger partial charge < -0.3 is 24.8 Å². The van der Waals surface area contributed by atoms with Gasteiger partial charge in [-0.2, -0.15) is 0 Å². The molecule has 1 aromatic rings. The average Bonchev–Trinajstić information content (AvgIpc) is 2.41. The standard InChI is InChI=1S/C14H22N2O4/c1-11(17)16-12-4-5-14(20-9-8-19-3)13(10-12)15-6-7-18-2/h4-5,10,15H,6-9H2,1-3H3,(H,16,17). The molecule has 0 aliphatic rings. The highest BCUT2D eigenvalue weighted by atomic mass is 16.5. The fourth-order valence-electron chi connectivity index (χ4n) is 1.60. The molecule has 1 aromatic carbocycles. The molecule has 20 heavy (non-hydrogen) atoms. The van der Waals surface area contributed by atoms with E-state index in [0.29, 0.717) is 32.1 Å². The van der Waals surface area contributed by atoms with Gasteiger partial charge in [0.1, 0.15) is 12.4 Å². The first-order valence-corrected chi connectivity index (χ1v) is 6.43. The van der Waals surface area contributed by atoms with Crippen molar-refractivity contribution in [3.63, 3.8) is 0 Å². The summed E-state index contributed by atoms with van der Waals surface area (Å²) in [5.41, 5.74) is 1.53. The molecular formula is C14H22N2O4. The number of hydrogen-bond donors (Lipinski definition) is 2. The minimum Gasteiger partial charge on any atom is -0.489 e. The molecule has 2 N–H and O–H groups in total. The number of carbonyl (C=O) groups is 1. The lowest BCUT2D eigenvalue weighted by molar-refractivity contribution is -0.114. The van der Waals surface area contributed by atoms with E-state index in [4.69, 9.17) is 14.2 Å². The van der Waals surface area contributed by atoms with Crippen LogP contribution in [-0.2, 0) is 14.3 Å². The SMILES string of the molecule is COCCNc1cc(NC(C)=O)ccc1OCCOC. The van der Waals surface area contributed by atoms with Crippen molar-refractivity contribution in [2.24, 2.45) is 0 Å². The second kappa shape index (κ2) is 9.17. The summed E-state index contributed by atoms with van der Waals surface area (Å²) < 4.78 is 15.6. The first kappa shape index (κ1) is 16.3. The second-order valence-electron chi connectivity index (χ2n) is 4.15. The number of amides is 1. The van der Waals surface area contributed by atoms with E-state index in [0.717, 1.165) is 11.4 Å². The number of hydrogen-bond acceptors (Lipinski definition) is 5. The zero-order valence-corrected chi connectivity index (χ0v) is 12.2. The van der Waals surface area contributed by atoms with Gasteiger partial charge in [-0.3, -0.25) is 4.79 Å². The molecule has 0 atom stereocenters. The van der Waals surface area contributed by atoms with Crippen LogP contribution >= 0.6 is 0 Å². The third-order valence-corrected chi connectivity index (χ3v) is 2.47. The number of methoxy groups -OCH3 is 2. The Bertz CT molecular complexity index is 424. The van der Waals surface area contributed by atoms with Crippen LogP contribution in [-0.4, -0.2) is 46.5 Å². The number of nitrogens with one attached hydrogen (secondary N) is 2. The molecule has 0 aliphatic carbocycles. The van der Waals surface area contributed by atoms with Crippen molar-refractivity contribution in [2.75, 3.05) is 51.2 Å². The Morgan fingerprint density at radius 3 is 2.55 bits per heavy atom. The maximum Gasteiger partial charge on any atom is 0.221 e. The van der Waals surface area contributed by atoms with Crippen molar-refractivity contribution >= 4 is 17.3 Å². The highest BCUT2D eigenvalue weighted by Gasteiger charge is 2.06. The number of ether oxygens (including phenoxy) is 3. The van der Waals surface area contributed by atoms with Crippen molar-refractivity contribution in [3.8, 4) is 5.75 Å². The van der Waals surface area contributed by atoms with Gasteiger partial charge >= 0.3 is 0 Å². The molecule has 6 nitrogen and oxygen atoms in total. The van der Waals surface area contributed by atoms with E-state index in [2.05, 4.69) is 10.6 Å². The summed E-state index contributed by atoms with van der Waals surface area (Å²) in [6.07, 6.45) is 0. The number of rotatable bonds is 9. The van der Waals surface area contributed by atoms with E-state index in [9.17, 15) is 4.79 Å². The van der Waals surface area contributed by atoms with Crippen LogP contribution < -0.4 is 15.4 Å². The summed E-state index contributed by atoms with van der Waals surface area (Å²) in [4.78, 5) is 11.1. The molecule has 0 heterocycles. The van der Waals surface area contributed by atoms with Crippen LogP contribution in [0.4, 0.5) is 11.4 Å². The molecule has 1 rings (SSSR count). The van der Waals surface area contributed by atoms with Crippen LogP contribution in [0.5, 0.6) is 5.75 Å². The van der Waals surface area contributed by atoms with E-state index in [-0.39, 0.29) is 5.91 Å². The minimum absolute atomic E-state index is 0.110. The molecule has 0 fully saturated rings. The average molecular weight is 282 g/mol. The fourth-order valence-corrected chi connectivity index (χ4v) is 1.60. The molecule has 112 valence electrons. The van der Waals surface area contributed by atoms with Crippen molar-refractivity contribution in [2.45, 2.75) is 6.92 Å². The molecule has 0 radical (unpaired) electrons. The summed E-state index contributed by atoms with van der Waals surface area (Å²) >= 11 is 0. The molecule has 0 unspecified atom stereocenters. The van der Waals surface area contributed by atoms with Gasteiger partial charge in [0.05, 0.1) is 18.9 Å². The minimum atomic E-state index is -0.110. The summed E-state index contributed by atoms with van der Waals surface area (Å²) in [5, 5.41) is 5.95. The molecule has 0 saturated heterocycles. The first-order valence-electron chi connectivity index (χ1n) is 6.43. The van der Waals surface area contributed by atoms with Gasteiger partial charge in [-0.05, 0) is 18.2 Å². The molecule has 0 aromatic heterocycles. The number of carbonyl (C=O) groups excluding carboxylic acids is 1. The monoisotopic (exact) mass is 282 g/mol. The quantitative estimate of drug-likeness (QED) is 0.675. The van der Waals surface area contributed by atoms with Crippen LogP contribution in [0.3, 0.4) is 0 Å². The van der Waals surface area contributed by atoms with Crippen molar-refractivity contribution in [1.82, 2.24) is 0 Å². The molecule has 0 spiro atoms. The van der Waals surface area contributed by atoms with Crippen LogP contribution in [0.15, 0.2) is 18.2 Å². The van der Waals surface area contributed by atoms with Crippen LogP contribution in [0.2, 0.25) is 0 Å². The maximum atomic E-state index is 11.1. The van der Waals surface area contributed by atoms with Crippen molar-refractivity contribution in [1.29, 1.82) is 0 Å². The Hall–Kier alpha value is -1.79. The van der Waals surface area contributed by atoms with Gasteiger partial charge in [-0.15, -0.1) is 0 Å². The van der Waals surface area contributed by atoms with Gasteiger partial charge in [0.2, 0.25) is 5.91 Å². The summed E-state index contributed by atoms with van der Waals surface area (Å²) in [6.45, 7) is 3.70. The fraction of sp³-hybridized carbons (Fsp3) is 0.500. The van der Waals surface area contributed by atoms with E-state index in [1.165, 1.54) is 6.92 Å². The lowest BCUT2D eigenvalue weighted by Crippen LogP contribution is -2.12. The Kier molecular flexibility index (Phi) is 7.46. The smallest absolute Gasteiger partial charge is 0.221 e. The van der Waals surface area contributed by atoms with Gasteiger partial charge in [0.15, 0.2) is 0 Å². The zero-order chi connectivity index (χ0) is 14.8. The molecule has 6 heteroatoms.